The van der Waals surface area contributed by atoms with E-state index in [-0.39, 0.29) is 6.04 Å². The van der Waals surface area contributed by atoms with E-state index in [0.717, 1.165) is 15.8 Å². The first-order valence-electron chi connectivity index (χ1n) is 8.20. The molecule has 1 aromatic carbocycles. The summed E-state index contributed by atoms with van der Waals surface area (Å²) in [5.74, 6) is 1.51. The van der Waals surface area contributed by atoms with E-state index in [9.17, 15) is 0 Å². The zero-order chi connectivity index (χ0) is 18.1. The first kappa shape index (κ1) is 16.6. The Bertz CT molecular complexity index is 1020. The molecule has 0 radical (unpaired) electrons. The largest absolute Gasteiger partial charge is 0.448 e. The van der Waals surface area contributed by atoms with Crippen LogP contribution in [0.1, 0.15) is 24.4 Å². The lowest BCUT2D eigenvalue weighted by Crippen LogP contribution is -2.12. The molecule has 0 aliphatic heterocycles. The van der Waals surface area contributed by atoms with Crippen molar-refractivity contribution in [1.82, 2.24) is 29.8 Å². The summed E-state index contributed by atoms with van der Waals surface area (Å²) in [5, 5.41) is 17.3. The quantitative estimate of drug-likeness (QED) is 0.536. The van der Waals surface area contributed by atoms with E-state index < -0.39 is 0 Å². The average Bonchev–Trinajstić information content (AvgIpc) is 3.36. The number of aromatic nitrogens is 6. The predicted molar refractivity (Wildman–Crippen MR) is 97.8 cm³/mol. The van der Waals surface area contributed by atoms with Gasteiger partial charge in [-0.2, -0.15) is 0 Å². The normalized spacial score (nSPS) is 12.4. The fourth-order valence-electron chi connectivity index (χ4n) is 2.60. The van der Waals surface area contributed by atoms with Crippen LogP contribution in [0.15, 0.2) is 63.3 Å². The molecule has 0 amide bonds. The van der Waals surface area contributed by atoms with Crippen molar-refractivity contribution in [3.05, 3.63) is 60.3 Å². The molecule has 0 unspecified atom stereocenters. The average molecular weight is 366 g/mol. The standard InChI is InChI=1S/C18H18N6OS/c1-12-4-6-14(7-5-12)26-17-9-8-16(25-17)15-10-24(22-20-15)13(2)18-21-19-11-23(18)3/h4-11,13H,1-3H3/t13-/m0/s1. The molecule has 3 heterocycles. The minimum atomic E-state index is -0.0693. The molecule has 132 valence electrons. The SMILES string of the molecule is Cc1ccc(Sc2ccc(-c3cn([C@@H](C)c4nncn4C)nn3)o2)cc1. The topological polar surface area (TPSA) is 74.6 Å². The van der Waals surface area contributed by atoms with Crippen molar-refractivity contribution in [2.75, 3.05) is 0 Å². The van der Waals surface area contributed by atoms with Crippen LogP contribution in [0.4, 0.5) is 0 Å². The molecule has 4 aromatic rings. The van der Waals surface area contributed by atoms with E-state index >= 15 is 0 Å². The third kappa shape index (κ3) is 3.28. The van der Waals surface area contributed by atoms with Crippen LogP contribution in [0.5, 0.6) is 0 Å². The molecule has 0 aliphatic carbocycles. The lowest BCUT2D eigenvalue weighted by molar-refractivity contribution is 0.486. The Balaban J connectivity index is 1.52. The van der Waals surface area contributed by atoms with E-state index in [1.54, 1.807) is 22.8 Å². The third-order valence-corrected chi connectivity index (χ3v) is 5.03. The second-order valence-electron chi connectivity index (χ2n) is 6.09. The van der Waals surface area contributed by atoms with Crippen LogP contribution in [0, 0.1) is 6.92 Å². The van der Waals surface area contributed by atoms with Gasteiger partial charge in [0.15, 0.2) is 16.7 Å². The summed E-state index contributed by atoms with van der Waals surface area (Å²) >= 11 is 1.58. The number of furan rings is 1. The molecular formula is C18H18N6OS. The minimum Gasteiger partial charge on any atom is -0.448 e. The highest BCUT2D eigenvalue weighted by Crippen LogP contribution is 2.32. The molecule has 0 fully saturated rings. The molecule has 26 heavy (non-hydrogen) atoms. The van der Waals surface area contributed by atoms with Gasteiger partial charge in [0.2, 0.25) is 0 Å². The van der Waals surface area contributed by atoms with Crippen LogP contribution in [-0.4, -0.2) is 29.8 Å². The number of nitrogens with zero attached hydrogens (tertiary/aromatic N) is 6. The number of aryl methyl sites for hydroxylation is 2. The summed E-state index contributed by atoms with van der Waals surface area (Å²) in [7, 11) is 1.91. The summed E-state index contributed by atoms with van der Waals surface area (Å²) in [4.78, 5) is 1.14. The van der Waals surface area contributed by atoms with Gasteiger partial charge >= 0.3 is 0 Å². The van der Waals surface area contributed by atoms with Crippen LogP contribution >= 0.6 is 11.8 Å². The lowest BCUT2D eigenvalue weighted by Gasteiger charge is -2.09. The van der Waals surface area contributed by atoms with Gasteiger partial charge in [0.05, 0.1) is 6.20 Å². The van der Waals surface area contributed by atoms with Crippen molar-refractivity contribution in [2.24, 2.45) is 7.05 Å². The maximum atomic E-state index is 5.93. The predicted octanol–water partition coefficient (Wildman–Crippen LogP) is 3.74. The van der Waals surface area contributed by atoms with Crippen LogP contribution in [0.25, 0.3) is 11.5 Å². The number of hydrogen-bond donors (Lipinski definition) is 0. The summed E-state index contributed by atoms with van der Waals surface area (Å²) in [6.07, 6.45) is 3.53. The Hall–Kier alpha value is -2.87. The monoisotopic (exact) mass is 366 g/mol. The molecule has 0 spiro atoms. The number of hydrogen-bond acceptors (Lipinski definition) is 6. The van der Waals surface area contributed by atoms with Gasteiger partial charge in [-0.3, -0.25) is 0 Å². The lowest BCUT2D eigenvalue weighted by atomic mass is 10.2. The summed E-state index contributed by atoms with van der Waals surface area (Å²) in [6, 6.07) is 12.1. The van der Waals surface area contributed by atoms with Crippen molar-refractivity contribution >= 4 is 11.8 Å². The van der Waals surface area contributed by atoms with Crippen molar-refractivity contribution < 1.29 is 4.42 Å². The van der Waals surface area contributed by atoms with Crippen molar-refractivity contribution in [2.45, 2.75) is 29.9 Å². The van der Waals surface area contributed by atoms with Gasteiger partial charge in [0, 0.05) is 11.9 Å². The zero-order valence-electron chi connectivity index (χ0n) is 14.7. The van der Waals surface area contributed by atoms with Gasteiger partial charge in [-0.15, -0.1) is 15.3 Å². The molecule has 7 nitrogen and oxygen atoms in total. The maximum Gasteiger partial charge on any atom is 0.165 e. The summed E-state index contributed by atoms with van der Waals surface area (Å²) in [6.45, 7) is 4.08. The Kier molecular flexibility index (Phi) is 4.34. The van der Waals surface area contributed by atoms with E-state index in [2.05, 4.69) is 51.7 Å². The molecule has 0 saturated heterocycles. The highest BCUT2D eigenvalue weighted by molar-refractivity contribution is 7.99. The zero-order valence-corrected chi connectivity index (χ0v) is 15.5. The fraction of sp³-hybridized carbons (Fsp3) is 0.222. The van der Waals surface area contributed by atoms with E-state index in [1.165, 1.54) is 5.56 Å². The van der Waals surface area contributed by atoms with Gasteiger partial charge < -0.3 is 8.98 Å². The molecule has 0 saturated carbocycles. The first-order valence-corrected chi connectivity index (χ1v) is 9.02. The highest BCUT2D eigenvalue weighted by atomic mass is 32.2. The van der Waals surface area contributed by atoms with Crippen LogP contribution in [0.2, 0.25) is 0 Å². The molecule has 8 heteroatoms. The Morgan fingerprint density at radius 2 is 1.88 bits per heavy atom. The smallest absolute Gasteiger partial charge is 0.165 e. The molecule has 0 N–H and O–H groups in total. The van der Waals surface area contributed by atoms with Crippen LogP contribution in [-0.2, 0) is 7.05 Å². The van der Waals surface area contributed by atoms with Gasteiger partial charge in [-0.25, -0.2) is 4.68 Å². The second kappa shape index (κ2) is 6.80. The minimum absolute atomic E-state index is 0.0693. The molecule has 1 atom stereocenters. The van der Waals surface area contributed by atoms with Gasteiger partial charge in [0.25, 0.3) is 0 Å². The Morgan fingerprint density at radius 1 is 1.08 bits per heavy atom. The fourth-order valence-corrected chi connectivity index (χ4v) is 3.37. The Morgan fingerprint density at radius 3 is 2.62 bits per heavy atom. The van der Waals surface area contributed by atoms with Crippen LogP contribution < -0.4 is 0 Å². The van der Waals surface area contributed by atoms with E-state index in [0.29, 0.717) is 11.5 Å². The molecule has 3 aromatic heterocycles. The summed E-state index contributed by atoms with van der Waals surface area (Å²) in [5.41, 5.74) is 1.93. The van der Waals surface area contributed by atoms with E-state index in [1.807, 2.05) is 36.9 Å². The molecular weight excluding hydrogens is 348 g/mol. The second-order valence-corrected chi connectivity index (χ2v) is 7.17. The van der Waals surface area contributed by atoms with Crippen LogP contribution in [0.3, 0.4) is 0 Å². The highest BCUT2D eigenvalue weighted by Gasteiger charge is 2.17. The van der Waals surface area contributed by atoms with Gasteiger partial charge in [0.1, 0.15) is 18.1 Å². The van der Waals surface area contributed by atoms with Gasteiger partial charge in [-0.05, 0) is 38.1 Å². The molecule has 4 rings (SSSR count). The Labute approximate surface area is 155 Å². The third-order valence-electron chi connectivity index (χ3n) is 4.10. The molecule has 0 bridgehead atoms. The molecule has 0 aliphatic rings. The van der Waals surface area contributed by atoms with Gasteiger partial charge in [-0.1, -0.05) is 34.7 Å². The number of rotatable bonds is 5. The van der Waals surface area contributed by atoms with Crippen molar-refractivity contribution in [3.8, 4) is 11.5 Å². The van der Waals surface area contributed by atoms with Crippen molar-refractivity contribution in [3.63, 3.8) is 0 Å². The maximum absolute atomic E-state index is 5.93. The first-order chi connectivity index (χ1) is 12.6. The van der Waals surface area contributed by atoms with Crippen molar-refractivity contribution in [1.29, 1.82) is 0 Å². The summed E-state index contributed by atoms with van der Waals surface area (Å²) < 4.78 is 9.55. The number of benzene rings is 1. The van der Waals surface area contributed by atoms with E-state index in [4.69, 9.17) is 4.42 Å².